The molecule has 0 spiro atoms. The second-order valence-electron chi connectivity index (χ2n) is 5.49. The summed E-state index contributed by atoms with van der Waals surface area (Å²) in [4.78, 5) is 13.8. The average molecular weight is 279 g/mol. The Morgan fingerprint density at radius 1 is 1.25 bits per heavy atom. The molecule has 0 atom stereocenters. The zero-order valence-electron chi connectivity index (χ0n) is 12.1. The molecule has 1 saturated carbocycles. The van der Waals surface area contributed by atoms with Crippen LogP contribution in [0, 0.1) is 5.82 Å². The quantitative estimate of drug-likeness (QED) is 0.891. The van der Waals surface area contributed by atoms with E-state index in [1.54, 1.807) is 6.07 Å². The largest absolute Gasteiger partial charge is 0.376 e. The molecule has 1 aliphatic rings. The topological polar surface area (TPSA) is 44.4 Å². The van der Waals surface area contributed by atoms with E-state index in [4.69, 9.17) is 0 Å². The molecule has 1 aromatic rings. The van der Waals surface area contributed by atoms with Gasteiger partial charge in [-0.25, -0.2) is 9.18 Å². The number of rotatable bonds is 3. The Bertz CT molecular complexity index is 470. The maximum Gasteiger partial charge on any atom is 0.319 e. The van der Waals surface area contributed by atoms with E-state index < -0.39 is 0 Å². The summed E-state index contributed by atoms with van der Waals surface area (Å²) in [6.45, 7) is 0. The molecule has 2 amide bonds. The lowest BCUT2D eigenvalue weighted by atomic mass is 9.96. The van der Waals surface area contributed by atoms with Crippen LogP contribution in [0.25, 0.3) is 0 Å². The summed E-state index contributed by atoms with van der Waals surface area (Å²) in [7, 11) is 3.72. The van der Waals surface area contributed by atoms with Gasteiger partial charge in [0.1, 0.15) is 5.82 Å². The first-order valence-electron chi connectivity index (χ1n) is 7.10. The van der Waals surface area contributed by atoms with Crippen molar-refractivity contribution in [3.63, 3.8) is 0 Å². The molecule has 1 aromatic carbocycles. The zero-order valence-corrected chi connectivity index (χ0v) is 12.1. The molecule has 0 aromatic heterocycles. The van der Waals surface area contributed by atoms with Crippen LogP contribution in [-0.4, -0.2) is 26.2 Å². The Morgan fingerprint density at radius 2 is 1.95 bits per heavy atom. The normalized spacial score (nSPS) is 15.8. The lowest BCUT2D eigenvalue weighted by Gasteiger charge is -2.24. The van der Waals surface area contributed by atoms with E-state index in [1.807, 2.05) is 19.0 Å². The molecule has 20 heavy (non-hydrogen) atoms. The minimum absolute atomic E-state index is 0.236. The van der Waals surface area contributed by atoms with Crippen molar-refractivity contribution in [3.05, 3.63) is 24.0 Å². The van der Waals surface area contributed by atoms with Gasteiger partial charge in [0.2, 0.25) is 0 Å². The van der Waals surface area contributed by atoms with Crippen molar-refractivity contribution in [2.75, 3.05) is 24.3 Å². The van der Waals surface area contributed by atoms with Crippen molar-refractivity contribution < 1.29 is 9.18 Å². The molecular weight excluding hydrogens is 257 g/mol. The summed E-state index contributed by atoms with van der Waals surface area (Å²) in [6, 6.07) is 4.37. The van der Waals surface area contributed by atoms with E-state index in [0.717, 1.165) is 31.4 Å². The molecule has 2 rings (SSSR count). The van der Waals surface area contributed by atoms with Crippen LogP contribution in [-0.2, 0) is 0 Å². The SMILES string of the molecule is CN(C)c1ccc(F)cc1NC(=O)NC1CCCCC1. The van der Waals surface area contributed by atoms with Crippen LogP contribution in [0.3, 0.4) is 0 Å². The minimum atomic E-state index is -0.358. The molecule has 0 heterocycles. The molecule has 1 aliphatic carbocycles. The van der Waals surface area contributed by atoms with Crippen molar-refractivity contribution in [3.8, 4) is 0 Å². The predicted octanol–water partition coefficient (Wildman–Crippen LogP) is 3.35. The maximum atomic E-state index is 13.3. The van der Waals surface area contributed by atoms with Gasteiger partial charge in [0, 0.05) is 20.1 Å². The fourth-order valence-electron chi connectivity index (χ4n) is 2.59. The van der Waals surface area contributed by atoms with Gasteiger partial charge in [-0.05, 0) is 31.0 Å². The Labute approximate surface area is 119 Å². The molecule has 0 saturated heterocycles. The Balaban J connectivity index is 2.01. The highest BCUT2D eigenvalue weighted by Gasteiger charge is 2.16. The van der Waals surface area contributed by atoms with Crippen molar-refractivity contribution in [2.24, 2.45) is 0 Å². The molecule has 0 radical (unpaired) electrons. The number of hydrogen-bond donors (Lipinski definition) is 2. The third-order valence-electron chi connectivity index (χ3n) is 3.63. The molecule has 1 fully saturated rings. The summed E-state index contributed by atoms with van der Waals surface area (Å²) in [6.07, 6.45) is 5.62. The third-order valence-corrected chi connectivity index (χ3v) is 3.63. The summed E-state index contributed by atoms with van der Waals surface area (Å²) in [5.41, 5.74) is 1.27. The van der Waals surface area contributed by atoms with Crippen LogP contribution >= 0.6 is 0 Å². The predicted molar refractivity (Wildman–Crippen MR) is 79.8 cm³/mol. The minimum Gasteiger partial charge on any atom is -0.376 e. The summed E-state index contributed by atoms with van der Waals surface area (Å²) < 4.78 is 13.3. The van der Waals surface area contributed by atoms with Gasteiger partial charge in [-0.3, -0.25) is 0 Å². The number of anilines is 2. The van der Waals surface area contributed by atoms with E-state index in [0.29, 0.717) is 5.69 Å². The van der Waals surface area contributed by atoms with Crippen LogP contribution in [0.5, 0.6) is 0 Å². The van der Waals surface area contributed by atoms with Crippen molar-refractivity contribution in [1.82, 2.24) is 5.32 Å². The highest BCUT2D eigenvalue weighted by atomic mass is 19.1. The number of halogens is 1. The van der Waals surface area contributed by atoms with E-state index in [2.05, 4.69) is 10.6 Å². The van der Waals surface area contributed by atoms with Crippen molar-refractivity contribution in [2.45, 2.75) is 38.1 Å². The van der Waals surface area contributed by atoms with Crippen LogP contribution in [0.2, 0.25) is 0 Å². The Kier molecular flexibility index (Phi) is 4.82. The summed E-state index contributed by atoms with van der Waals surface area (Å²) >= 11 is 0. The third kappa shape index (κ3) is 3.85. The number of nitrogens with zero attached hydrogens (tertiary/aromatic N) is 1. The molecule has 0 aliphatic heterocycles. The standard InChI is InChI=1S/C15H22FN3O/c1-19(2)14-9-8-11(16)10-13(14)18-15(20)17-12-6-4-3-5-7-12/h8-10,12H,3-7H2,1-2H3,(H2,17,18,20). The number of nitrogens with one attached hydrogen (secondary N) is 2. The van der Waals surface area contributed by atoms with Gasteiger partial charge in [0.05, 0.1) is 11.4 Å². The van der Waals surface area contributed by atoms with E-state index in [-0.39, 0.29) is 17.9 Å². The van der Waals surface area contributed by atoms with E-state index in [9.17, 15) is 9.18 Å². The van der Waals surface area contributed by atoms with Crippen LogP contribution in [0.4, 0.5) is 20.6 Å². The van der Waals surface area contributed by atoms with Crippen molar-refractivity contribution in [1.29, 1.82) is 0 Å². The second kappa shape index (κ2) is 6.59. The van der Waals surface area contributed by atoms with Crippen LogP contribution < -0.4 is 15.5 Å². The lowest BCUT2D eigenvalue weighted by molar-refractivity contribution is 0.244. The first-order valence-corrected chi connectivity index (χ1v) is 7.10. The van der Waals surface area contributed by atoms with Gasteiger partial charge in [-0.15, -0.1) is 0 Å². The van der Waals surface area contributed by atoms with Crippen LogP contribution in [0.15, 0.2) is 18.2 Å². The number of carbonyl (C=O) groups excluding carboxylic acids is 1. The number of carbonyl (C=O) groups is 1. The van der Waals surface area contributed by atoms with Gasteiger partial charge in [-0.1, -0.05) is 19.3 Å². The van der Waals surface area contributed by atoms with E-state index in [1.165, 1.54) is 18.6 Å². The first kappa shape index (κ1) is 14.6. The zero-order chi connectivity index (χ0) is 14.5. The highest BCUT2D eigenvalue weighted by molar-refractivity contribution is 5.93. The van der Waals surface area contributed by atoms with Gasteiger partial charge in [-0.2, -0.15) is 0 Å². The molecule has 0 bridgehead atoms. The lowest BCUT2D eigenvalue weighted by Crippen LogP contribution is -2.39. The number of benzene rings is 1. The molecule has 4 nitrogen and oxygen atoms in total. The van der Waals surface area contributed by atoms with Crippen molar-refractivity contribution >= 4 is 17.4 Å². The number of hydrogen-bond acceptors (Lipinski definition) is 2. The Morgan fingerprint density at radius 3 is 2.60 bits per heavy atom. The Hall–Kier alpha value is -1.78. The monoisotopic (exact) mass is 279 g/mol. The maximum absolute atomic E-state index is 13.3. The fourth-order valence-corrected chi connectivity index (χ4v) is 2.59. The highest BCUT2D eigenvalue weighted by Crippen LogP contribution is 2.25. The molecule has 0 unspecified atom stereocenters. The van der Waals surface area contributed by atoms with Gasteiger partial charge < -0.3 is 15.5 Å². The molecule has 5 heteroatoms. The first-order chi connectivity index (χ1) is 9.56. The average Bonchev–Trinajstić information content (AvgIpc) is 2.39. The molecular formula is C15H22FN3O. The van der Waals surface area contributed by atoms with E-state index >= 15 is 0 Å². The molecule has 110 valence electrons. The molecule has 2 N–H and O–H groups in total. The summed E-state index contributed by atoms with van der Waals surface area (Å²) in [5, 5.41) is 5.71. The number of amides is 2. The van der Waals surface area contributed by atoms with Gasteiger partial charge in [0.25, 0.3) is 0 Å². The smallest absolute Gasteiger partial charge is 0.319 e. The number of urea groups is 1. The summed E-state index contributed by atoms with van der Waals surface area (Å²) in [5.74, 6) is -0.358. The van der Waals surface area contributed by atoms with Gasteiger partial charge >= 0.3 is 6.03 Å². The van der Waals surface area contributed by atoms with Crippen LogP contribution in [0.1, 0.15) is 32.1 Å². The fraction of sp³-hybridized carbons (Fsp3) is 0.533. The van der Waals surface area contributed by atoms with Gasteiger partial charge in [0.15, 0.2) is 0 Å². The second-order valence-corrected chi connectivity index (χ2v) is 5.49.